The van der Waals surface area contributed by atoms with Crippen molar-refractivity contribution in [2.45, 2.75) is 52.0 Å². The summed E-state index contributed by atoms with van der Waals surface area (Å²) in [7, 11) is 0. The summed E-state index contributed by atoms with van der Waals surface area (Å²) in [6, 6.07) is 0.260. The first-order chi connectivity index (χ1) is 8.15. The van der Waals surface area contributed by atoms with Gasteiger partial charge in [-0.2, -0.15) is 0 Å². The molecule has 4 heteroatoms. The molecule has 17 heavy (non-hydrogen) atoms. The molecule has 1 saturated carbocycles. The van der Waals surface area contributed by atoms with E-state index in [1.807, 2.05) is 13.8 Å². The minimum absolute atomic E-state index is 0.00722. The molecular formula is C13H25NO3. The third kappa shape index (κ3) is 4.94. The van der Waals surface area contributed by atoms with Gasteiger partial charge in [0.2, 0.25) is 0 Å². The Balaban J connectivity index is 2.47. The Morgan fingerprint density at radius 3 is 2.53 bits per heavy atom. The molecule has 0 radical (unpaired) electrons. The lowest BCUT2D eigenvalue weighted by Crippen LogP contribution is -2.43. The second-order valence-electron chi connectivity index (χ2n) is 5.18. The van der Waals surface area contributed by atoms with Crippen molar-refractivity contribution in [2.24, 2.45) is 5.92 Å². The molecule has 1 aliphatic carbocycles. The molecule has 0 bridgehead atoms. The molecule has 4 nitrogen and oxygen atoms in total. The van der Waals surface area contributed by atoms with Gasteiger partial charge in [-0.25, -0.2) is 4.79 Å². The third-order valence-corrected chi connectivity index (χ3v) is 3.13. The molecule has 0 spiro atoms. The molecule has 1 N–H and O–H groups in total. The van der Waals surface area contributed by atoms with Crippen LogP contribution in [0.25, 0.3) is 0 Å². The number of amides is 1. The molecule has 1 amide bonds. The van der Waals surface area contributed by atoms with Gasteiger partial charge in [-0.15, -0.1) is 0 Å². The van der Waals surface area contributed by atoms with Crippen molar-refractivity contribution in [2.75, 3.05) is 19.8 Å². The van der Waals surface area contributed by atoms with Crippen molar-refractivity contribution in [3.63, 3.8) is 0 Å². The smallest absolute Gasteiger partial charge is 0.410 e. The van der Waals surface area contributed by atoms with Crippen LogP contribution < -0.4 is 0 Å². The molecule has 1 aliphatic rings. The van der Waals surface area contributed by atoms with Gasteiger partial charge in [0.25, 0.3) is 0 Å². The number of carbonyl (C=O) groups excluding carboxylic acids is 1. The highest BCUT2D eigenvalue weighted by Crippen LogP contribution is 2.23. The fourth-order valence-electron chi connectivity index (χ4n) is 2.24. The first-order valence-electron chi connectivity index (χ1n) is 6.69. The van der Waals surface area contributed by atoms with Gasteiger partial charge in [0.1, 0.15) is 0 Å². The van der Waals surface area contributed by atoms with Crippen molar-refractivity contribution in [3.8, 4) is 0 Å². The summed E-state index contributed by atoms with van der Waals surface area (Å²) < 4.78 is 5.25. The molecule has 0 saturated heterocycles. The second kappa shape index (κ2) is 7.54. The molecule has 0 aromatic carbocycles. The molecule has 1 rings (SSSR count). The monoisotopic (exact) mass is 243 g/mol. The van der Waals surface area contributed by atoms with Gasteiger partial charge < -0.3 is 14.7 Å². The first kappa shape index (κ1) is 14.3. The fraction of sp³-hybridized carbons (Fsp3) is 0.923. The predicted molar refractivity (Wildman–Crippen MR) is 66.9 cm³/mol. The number of hydrogen-bond donors (Lipinski definition) is 1. The van der Waals surface area contributed by atoms with Crippen molar-refractivity contribution < 1.29 is 14.6 Å². The van der Waals surface area contributed by atoms with E-state index in [2.05, 4.69) is 0 Å². The summed E-state index contributed by atoms with van der Waals surface area (Å²) in [5.41, 5.74) is 0. The molecule has 0 aliphatic heterocycles. The quantitative estimate of drug-likeness (QED) is 0.806. The Morgan fingerprint density at radius 1 is 1.35 bits per heavy atom. The molecule has 0 heterocycles. The van der Waals surface area contributed by atoms with E-state index in [1.54, 1.807) is 4.90 Å². The number of carbonyl (C=O) groups is 1. The van der Waals surface area contributed by atoms with E-state index in [0.717, 1.165) is 12.8 Å². The summed E-state index contributed by atoms with van der Waals surface area (Å²) in [4.78, 5) is 13.6. The van der Waals surface area contributed by atoms with Crippen LogP contribution in [-0.2, 0) is 4.74 Å². The molecule has 0 aromatic rings. The van der Waals surface area contributed by atoms with Gasteiger partial charge in [-0.1, -0.05) is 33.1 Å². The Labute approximate surface area is 104 Å². The van der Waals surface area contributed by atoms with E-state index in [1.165, 1.54) is 19.3 Å². The number of rotatable bonds is 5. The van der Waals surface area contributed by atoms with Crippen molar-refractivity contribution in [1.82, 2.24) is 4.90 Å². The largest absolute Gasteiger partial charge is 0.449 e. The molecule has 0 aromatic heterocycles. The maximum Gasteiger partial charge on any atom is 0.410 e. The van der Waals surface area contributed by atoms with E-state index in [4.69, 9.17) is 9.84 Å². The van der Waals surface area contributed by atoms with E-state index in [9.17, 15) is 4.79 Å². The van der Waals surface area contributed by atoms with Crippen LogP contribution in [0.1, 0.15) is 46.0 Å². The molecule has 100 valence electrons. The highest BCUT2D eigenvalue weighted by Gasteiger charge is 2.26. The normalized spacial score (nSPS) is 17.2. The van der Waals surface area contributed by atoms with Gasteiger partial charge in [0.05, 0.1) is 13.2 Å². The Bertz CT molecular complexity index is 225. The Morgan fingerprint density at radius 2 is 2.00 bits per heavy atom. The highest BCUT2D eigenvalue weighted by molar-refractivity contribution is 5.68. The average molecular weight is 243 g/mol. The lowest BCUT2D eigenvalue weighted by molar-refractivity contribution is 0.0608. The summed E-state index contributed by atoms with van der Waals surface area (Å²) in [6.07, 6.45) is 5.41. The zero-order valence-electron chi connectivity index (χ0n) is 11.0. The SMILES string of the molecule is CC(C)COC(=O)N(CCO)C1CCCCC1. The van der Waals surface area contributed by atoms with Crippen LogP contribution in [0.5, 0.6) is 0 Å². The minimum atomic E-state index is -0.264. The van der Waals surface area contributed by atoms with Gasteiger partial charge >= 0.3 is 6.09 Å². The van der Waals surface area contributed by atoms with E-state index in [-0.39, 0.29) is 18.7 Å². The van der Waals surface area contributed by atoms with Crippen molar-refractivity contribution >= 4 is 6.09 Å². The zero-order chi connectivity index (χ0) is 12.7. The maximum absolute atomic E-state index is 11.9. The topological polar surface area (TPSA) is 49.8 Å². The zero-order valence-corrected chi connectivity index (χ0v) is 11.0. The predicted octanol–water partition coefficient (Wildman–Crippen LogP) is 2.41. The number of hydrogen-bond acceptors (Lipinski definition) is 3. The standard InChI is InChI=1S/C13H25NO3/c1-11(2)10-17-13(16)14(8-9-15)12-6-4-3-5-7-12/h11-12,15H,3-10H2,1-2H3. The first-order valence-corrected chi connectivity index (χ1v) is 6.69. The van der Waals surface area contributed by atoms with Crippen LogP contribution in [0.15, 0.2) is 0 Å². The van der Waals surface area contributed by atoms with Crippen LogP contribution in [0.4, 0.5) is 4.79 Å². The second-order valence-corrected chi connectivity index (χ2v) is 5.18. The molecular weight excluding hydrogens is 218 g/mol. The average Bonchev–Trinajstić information content (AvgIpc) is 2.34. The maximum atomic E-state index is 11.9. The van der Waals surface area contributed by atoms with Crippen molar-refractivity contribution in [3.05, 3.63) is 0 Å². The van der Waals surface area contributed by atoms with Gasteiger partial charge in [0, 0.05) is 12.6 Å². The lowest BCUT2D eigenvalue weighted by atomic mass is 9.94. The van der Waals surface area contributed by atoms with Gasteiger partial charge in [-0.05, 0) is 18.8 Å². The fourth-order valence-corrected chi connectivity index (χ4v) is 2.24. The van der Waals surface area contributed by atoms with Crippen LogP contribution in [0.3, 0.4) is 0 Å². The number of aliphatic hydroxyl groups is 1. The van der Waals surface area contributed by atoms with E-state index >= 15 is 0 Å². The van der Waals surface area contributed by atoms with Crippen LogP contribution in [0, 0.1) is 5.92 Å². The molecule has 0 unspecified atom stereocenters. The van der Waals surface area contributed by atoms with Gasteiger partial charge in [-0.3, -0.25) is 0 Å². The Kier molecular flexibility index (Phi) is 6.34. The number of aliphatic hydroxyl groups excluding tert-OH is 1. The highest BCUT2D eigenvalue weighted by atomic mass is 16.6. The van der Waals surface area contributed by atoms with E-state index < -0.39 is 0 Å². The number of nitrogens with zero attached hydrogens (tertiary/aromatic N) is 1. The lowest BCUT2D eigenvalue weighted by Gasteiger charge is -2.33. The molecule has 0 atom stereocenters. The van der Waals surface area contributed by atoms with Crippen LogP contribution in [-0.4, -0.2) is 41.9 Å². The van der Waals surface area contributed by atoms with Crippen molar-refractivity contribution in [1.29, 1.82) is 0 Å². The summed E-state index contributed by atoms with van der Waals surface area (Å²) in [5.74, 6) is 0.348. The van der Waals surface area contributed by atoms with E-state index in [0.29, 0.717) is 19.1 Å². The van der Waals surface area contributed by atoms with Crippen LogP contribution >= 0.6 is 0 Å². The van der Waals surface area contributed by atoms with Crippen LogP contribution in [0.2, 0.25) is 0 Å². The Hall–Kier alpha value is -0.770. The summed E-state index contributed by atoms with van der Waals surface area (Å²) in [5, 5.41) is 9.04. The molecule has 1 fully saturated rings. The number of ether oxygens (including phenoxy) is 1. The minimum Gasteiger partial charge on any atom is -0.449 e. The summed E-state index contributed by atoms with van der Waals surface area (Å²) in [6.45, 7) is 4.89. The third-order valence-electron chi connectivity index (χ3n) is 3.13. The van der Waals surface area contributed by atoms with Gasteiger partial charge in [0.15, 0.2) is 0 Å². The summed E-state index contributed by atoms with van der Waals surface area (Å²) >= 11 is 0.